The maximum Gasteiger partial charge on any atom is 0.338 e. The number of aromatic hydroxyl groups is 1. The SMILES string of the molecule is Cc1ccc(-c2ccc(C(=O)OC(C)(C)C)cc2)cc1O. The first-order valence-corrected chi connectivity index (χ1v) is 6.90. The van der Waals surface area contributed by atoms with Crippen molar-refractivity contribution >= 4 is 5.97 Å². The maximum absolute atomic E-state index is 11.9. The Morgan fingerprint density at radius 1 is 1.00 bits per heavy atom. The summed E-state index contributed by atoms with van der Waals surface area (Å²) in [6, 6.07) is 12.7. The minimum absolute atomic E-state index is 0.267. The predicted octanol–water partition coefficient (Wildman–Crippen LogP) is 4.32. The van der Waals surface area contributed by atoms with Crippen LogP contribution in [0.4, 0.5) is 0 Å². The molecule has 0 radical (unpaired) electrons. The normalized spacial score (nSPS) is 11.2. The third kappa shape index (κ3) is 3.85. The Hall–Kier alpha value is -2.29. The molecule has 0 aliphatic rings. The Labute approximate surface area is 125 Å². The molecule has 3 nitrogen and oxygen atoms in total. The van der Waals surface area contributed by atoms with Crippen molar-refractivity contribution in [1.29, 1.82) is 0 Å². The van der Waals surface area contributed by atoms with Gasteiger partial charge in [0.15, 0.2) is 0 Å². The smallest absolute Gasteiger partial charge is 0.338 e. The first-order valence-electron chi connectivity index (χ1n) is 6.90. The lowest BCUT2D eigenvalue weighted by molar-refractivity contribution is 0.00696. The van der Waals surface area contributed by atoms with Gasteiger partial charge in [0, 0.05) is 0 Å². The summed E-state index contributed by atoms with van der Waals surface area (Å²) in [5.74, 6) is -0.0653. The summed E-state index contributed by atoms with van der Waals surface area (Å²) in [5, 5.41) is 9.76. The summed E-state index contributed by atoms with van der Waals surface area (Å²) in [6.45, 7) is 7.38. The third-order valence-corrected chi connectivity index (χ3v) is 3.06. The van der Waals surface area contributed by atoms with Gasteiger partial charge in [-0.25, -0.2) is 4.79 Å². The molecular formula is C18H20O3. The molecule has 110 valence electrons. The van der Waals surface area contributed by atoms with Gasteiger partial charge in [-0.15, -0.1) is 0 Å². The Morgan fingerprint density at radius 3 is 2.10 bits per heavy atom. The summed E-state index contributed by atoms with van der Waals surface area (Å²) in [6.07, 6.45) is 0. The number of carbonyl (C=O) groups excluding carboxylic acids is 1. The molecule has 3 heteroatoms. The molecule has 0 unspecified atom stereocenters. The molecule has 0 amide bonds. The first-order chi connectivity index (χ1) is 9.76. The van der Waals surface area contributed by atoms with E-state index in [2.05, 4.69) is 0 Å². The second kappa shape index (κ2) is 5.60. The number of benzene rings is 2. The van der Waals surface area contributed by atoms with Crippen LogP contribution >= 0.6 is 0 Å². The molecule has 0 bridgehead atoms. The van der Waals surface area contributed by atoms with Crippen molar-refractivity contribution in [2.45, 2.75) is 33.3 Å². The largest absolute Gasteiger partial charge is 0.508 e. The van der Waals surface area contributed by atoms with E-state index in [1.165, 1.54) is 0 Å². The van der Waals surface area contributed by atoms with Gasteiger partial charge in [-0.3, -0.25) is 0 Å². The standard InChI is InChI=1S/C18H20O3/c1-12-5-6-15(11-16(12)19)13-7-9-14(10-8-13)17(20)21-18(2,3)4/h5-11,19H,1-4H3. The summed E-state index contributed by atoms with van der Waals surface area (Å²) in [5.41, 5.74) is 2.71. The first kappa shape index (κ1) is 15.1. The van der Waals surface area contributed by atoms with Gasteiger partial charge in [-0.05, 0) is 62.6 Å². The second-order valence-electron chi connectivity index (χ2n) is 6.08. The quantitative estimate of drug-likeness (QED) is 0.835. The number of esters is 1. The van der Waals surface area contributed by atoms with E-state index >= 15 is 0 Å². The van der Waals surface area contributed by atoms with Crippen molar-refractivity contribution in [2.24, 2.45) is 0 Å². The van der Waals surface area contributed by atoms with E-state index in [9.17, 15) is 9.90 Å². The Bertz CT molecular complexity index is 649. The maximum atomic E-state index is 11.9. The molecule has 2 rings (SSSR count). The predicted molar refractivity (Wildman–Crippen MR) is 83.4 cm³/mol. The molecule has 21 heavy (non-hydrogen) atoms. The van der Waals surface area contributed by atoms with Gasteiger partial charge in [0.05, 0.1) is 5.56 Å². The van der Waals surface area contributed by atoms with Gasteiger partial charge in [-0.2, -0.15) is 0 Å². The van der Waals surface area contributed by atoms with Gasteiger partial charge < -0.3 is 9.84 Å². The molecule has 2 aromatic carbocycles. The Kier molecular flexibility index (Phi) is 4.03. The molecule has 0 fully saturated rings. The van der Waals surface area contributed by atoms with Crippen LogP contribution < -0.4 is 0 Å². The third-order valence-electron chi connectivity index (χ3n) is 3.06. The Balaban J connectivity index is 2.22. The van der Waals surface area contributed by atoms with E-state index in [1.54, 1.807) is 18.2 Å². The van der Waals surface area contributed by atoms with Gasteiger partial charge in [0.25, 0.3) is 0 Å². The lowest BCUT2D eigenvalue weighted by Crippen LogP contribution is -2.23. The van der Waals surface area contributed by atoms with Crippen LogP contribution in [0.3, 0.4) is 0 Å². The molecule has 0 atom stereocenters. The van der Waals surface area contributed by atoms with E-state index in [4.69, 9.17) is 4.74 Å². The van der Waals surface area contributed by atoms with E-state index < -0.39 is 5.60 Å². The molecule has 0 aliphatic heterocycles. The zero-order valence-electron chi connectivity index (χ0n) is 12.8. The van der Waals surface area contributed by atoms with E-state index in [1.807, 2.05) is 52.0 Å². The average Bonchev–Trinajstić information content (AvgIpc) is 2.40. The van der Waals surface area contributed by atoms with E-state index in [0.29, 0.717) is 5.56 Å². The molecule has 0 spiro atoms. The van der Waals surface area contributed by atoms with Crippen LogP contribution in [0.1, 0.15) is 36.7 Å². The van der Waals surface area contributed by atoms with Crippen molar-refractivity contribution in [1.82, 2.24) is 0 Å². The van der Waals surface area contributed by atoms with Crippen LogP contribution in [0.2, 0.25) is 0 Å². The molecule has 0 aliphatic carbocycles. The highest BCUT2D eigenvalue weighted by atomic mass is 16.6. The topological polar surface area (TPSA) is 46.5 Å². The van der Waals surface area contributed by atoms with Gasteiger partial charge in [-0.1, -0.05) is 24.3 Å². The van der Waals surface area contributed by atoms with Gasteiger partial charge in [0.2, 0.25) is 0 Å². The fourth-order valence-corrected chi connectivity index (χ4v) is 1.92. The number of phenolic OH excluding ortho intramolecular Hbond substituents is 1. The molecule has 0 heterocycles. The fourth-order valence-electron chi connectivity index (χ4n) is 1.92. The zero-order chi connectivity index (χ0) is 15.6. The zero-order valence-corrected chi connectivity index (χ0v) is 12.8. The van der Waals surface area contributed by atoms with Crippen LogP contribution in [-0.4, -0.2) is 16.7 Å². The lowest BCUT2D eigenvalue weighted by Gasteiger charge is -2.19. The highest BCUT2D eigenvalue weighted by molar-refractivity contribution is 5.90. The van der Waals surface area contributed by atoms with Crippen molar-refractivity contribution in [3.8, 4) is 16.9 Å². The highest BCUT2D eigenvalue weighted by Gasteiger charge is 2.17. The van der Waals surface area contributed by atoms with Crippen molar-refractivity contribution in [2.75, 3.05) is 0 Å². The number of phenols is 1. The van der Waals surface area contributed by atoms with Crippen molar-refractivity contribution in [3.63, 3.8) is 0 Å². The summed E-state index contributed by atoms with van der Waals surface area (Å²) in [7, 11) is 0. The highest BCUT2D eigenvalue weighted by Crippen LogP contribution is 2.26. The van der Waals surface area contributed by atoms with Crippen LogP contribution in [0.5, 0.6) is 5.75 Å². The molecular weight excluding hydrogens is 264 g/mol. The lowest BCUT2D eigenvalue weighted by atomic mass is 10.0. The number of rotatable bonds is 2. The number of aryl methyl sites for hydroxylation is 1. The average molecular weight is 284 g/mol. The van der Waals surface area contributed by atoms with Gasteiger partial charge in [0.1, 0.15) is 11.4 Å². The molecule has 2 aromatic rings. The molecule has 0 saturated carbocycles. The molecule has 0 aromatic heterocycles. The van der Waals surface area contributed by atoms with Crippen LogP contribution in [-0.2, 0) is 4.74 Å². The molecule has 0 saturated heterocycles. The Morgan fingerprint density at radius 2 is 1.57 bits per heavy atom. The number of hydrogen-bond donors (Lipinski definition) is 1. The van der Waals surface area contributed by atoms with E-state index in [0.717, 1.165) is 16.7 Å². The van der Waals surface area contributed by atoms with E-state index in [-0.39, 0.29) is 11.7 Å². The van der Waals surface area contributed by atoms with Crippen molar-refractivity contribution < 1.29 is 14.6 Å². The van der Waals surface area contributed by atoms with Crippen LogP contribution in [0.25, 0.3) is 11.1 Å². The van der Waals surface area contributed by atoms with Crippen molar-refractivity contribution in [3.05, 3.63) is 53.6 Å². The summed E-state index contributed by atoms with van der Waals surface area (Å²) >= 11 is 0. The number of hydrogen-bond acceptors (Lipinski definition) is 3. The fraction of sp³-hybridized carbons (Fsp3) is 0.278. The summed E-state index contributed by atoms with van der Waals surface area (Å²) < 4.78 is 5.33. The summed E-state index contributed by atoms with van der Waals surface area (Å²) in [4.78, 5) is 11.9. The van der Waals surface area contributed by atoms with Crippen LogP contribution in [0, 0.1) is 6.92 Å². The second-order valence-corrected chi connectivity index (χ2v) is 6.08. The monoisotopic (exact) mass is 284 g/mol. The number of carbonyl (C=O) groups is 1. The molecule has 1 N–H and O–H groups in total. The number of ether oxygens (including phenoxy) is 1. The van der Waals surface area contributed by atoms with Crippen LogP contribution in [0.15, 0.2) is 42.5 Å². The minimum Gasteiger partial charge on any atom is -0.508 e. The minimum atomic E-state index is -0.501. The van der Waals surface area contributed by atoms with Gasteiger partial charge >= 0.3 is 5.97 Å².